The van der Waals surface area contributed by atoms with Gasteiger partial charge in [0, 0.05) is 17.5 Å². The molecule has 0 unspecified atom stereocenters. The van der Waals surface area contributed by atoms with E-state index in [-0.39, 0.29) is 11.7 Å². The summed E-state index contributed by atoms with van der Waals surface area (Å²) in [7, 11) is 0. The van der Waals surface area contributed by atoms with Gasteiger partial charge in [0.15, 0.2) is 0 Å². The quantitative estimate of drug-likeness (QED) is 0.269. The van der Waals surface area contributed by atoms with E-state index in [1.54, 1.807) is 18.2 Å². The van der Waals surface area contributed by atoms with Crippen LogP contribution in [0, 0.1) is 23.1 Å². The molecule has 0 aliphatic heterocycles. The monoisotopic (exact) mass is 438 g/mol. The van der Waals surface area contributed by atoms with E-state index in [4.69, 9.17) is 4.42 Å². The molecule has 0 radical (unpaired) electrons. The van der Waals surface area contributed by atoms with Crippen LogP contribution in [0.15, 0.2) is 77.2 Å². The molecular formula is C28H23FN2O2. The Morgan fingerprint density at radius 3 is 2.42 bits per heavy atom. The van der Waals surface area contributed by atoms with Crippen LogP contribution in [-0.2, 0) is 0 Å². The van der Waals surface area contributed by atoms with Crippen molar-refractivity contribution in [3.8, 4) is 17.4 Å². The number of benzene rings is 3. The predicted molar refractivity (Wildman–Crippen MR) is 129 cm³/mol. The van der Waals surface area contributed by atoms with Gasteiger partial charge in [0.2, 0.25) is 0 Å². The lowest BCUT2D eigenvalue weighted by atomic mass is 9.99. The maximum Gasteiger partial charge on any atom is 0.255 e. The fourth-order valence-electron chi connectivity index (χ4n) is 3.57. The SMILES string of the molecule is CC(C)CNC(=O)c1c(-c2ccc(/C(C#N)=C/c3ccc(F)cc3)cc2)oc2ccccc12. The number of hydrogen-bond donors (Lipinski definition) is 1. The van der Waals surface area contributed by atoms with Crippen molar-refractivity contribution >= 4 is 28.5 Å². The van der Waals surface area contributed by atoms with Crippen molar-refractivity contribution < 1.29 is 13.6 Å². The van der Waals surface area contributed by atoms with Gasteiger partial charge < -0.3 is 9.73 Å². The van der Waals surface area contributed by atoms with Crippen molar-refractivity contribution in [3.05, 3.63) is 95.3 Å². The molecule has 0 atom stereocenters. The first kappa shape index (κ1) is 22.0. The Morgan fingerprint density at radius 2 is 1.76 bits per heavy atom. The minimum atomic E-state index is -0.325. The third-order valence-electron chi connectivity index (χ3n) is 5.25. The van der Waals surface area contributed by atoms with Gasteiger partial charge in [-0.25, -0.2) is 4.39 Å². The number of nitriles is 1. The van der Waals surface area contributed by atoms with Crippen LogP contribution in [0.25, 0.3) is 33.9 Å². The number of furan rings is 1. The highest BCUT2D eigenvalue weighted by molar-refractivity contribution is 6.11. The molecule has 164 valence electrons. The van der Waals surface area contributed by atoms with Gasteiger partial charge in [-0.05, 0) is 41.3 Å². The maximum absolute atomic E-state index is 13.2. The largest absolute Gasteiger partial charge is 0.455 e. The molecule has 1 heterocycles. The topological polar surface area (TPSA) is 66.0 Å². The zero-order valence-electron chi connectivity index (χ0n) is 18.4. The van der Waals surface area contributed by atoms with Crippen molar-refractivity contribution in [3.63, 3.8) is 0 Å². The van der Waals surface area contributed by atoms with Crippen molar-refractivity contribution in [2.75, 3.05) is 6.54 Å². The van der Waals surface area contributed by atoms with Crippen LogP contribution in [0.1, 0.15) is 35.3 Å². The molecule has 0 aliphatic rings. The zero-order chi connectivity index (χ0) is 23.4. The van der Waals surface area contributed by atoms with Gasteiger partial charge in [-0.15, -0.1) is 0 Å². The minimum Gasteiger partial charge on any atom is -0.455 e. The Kier molecular flexibility index (Phi) is 6.37. The van der Waals surface area contributed by atoms with Gasteiger partial charge in [0.1, 0.15) is 17.2 Å². The molecule has 0 bridgehead atoms. The Labute approximate surface area is 192 Å². The molecular weight excluding hydrogens is 415 g/mol. The molecule has 0 fully saturated rings. The van der Waals surface area contributed by atoms with E-state index in [1.807, 2.05) is 62.4 Å². The van der Waals surface area contributed by atoms with Crippen LogP contribution < -0.4 is 5.32 Å². The summed E-state index contributed by atoms with van der Waals surface area (Å²) >= 11 is 0. The van der Waals surface area contributed by atoms with E-state index in [9.17, 15) is 14.4 Å². The van der Waals surface area contributed by atoms with Crippen LogP contribution in [-0.4, -0.2) is 12.5 Å². The first-order valence-corrected chi connectivity index (χ1v) is 10.7. The van der Waals surface area contributed by atoms with E-state index >= 15 is 0 Å². The molecule has 1 aromatic heterocycles. The number of hydrogen-bond acceptors (Lipinski definition) is 3. The zero-order valence-corrected chi connectivity index (χ0v) is 18.4. The summed E-state index contributed by atoms with van der Waals surface area (Å²) in [5, 5.41) is 13.4. The second-order valence-electron chi connectivity index (χ2n) is 8.20. The van der Waals surface area contributed by atoms with Gasteiger partial charge in [0.05, 0.1) is 17.2 Å². The van der Waals surface area contributed by atoms with Crippen molar-refractivity contribution in [1.29, 1.82) is 5.26 Å². The molecule has 0 aliphatic carbocycles. The molecule has 0 saturated carbocycles. The molecule has 0 saturated heterocycles. The van der Waals surface area contributed by atoms with Gasteiger partial charge >= 0.3 is 0 Å². The second-order valence-corrected chi connectivity index (χ2v) is 8.20. The summed E-state index contributed by atoms with van der Waals surface area (Å²) in [6.45, 7) is 4.65. The van der Waals surface area contributed by atoms with Gasteiger partial charge in [-0.1, -0.05) is 68.4 Å². The number of carbonyl (C=O) groups is 1. The first-order chi connectivity index (χ1) is 16.0. The van der Waals surface area contributed by atoms with E-state index in [0.717, 1.165) is 16.5 Å². The summed E-state index contributed by atoms with van der Waals surface area (Å²) in [4.78, 5) is 13.0. The molecule has 33 heavy (non-hydrogen) atoms. The van der Waals surface area contributed by atoms with E-state index in [0.29, 0.717) is 40.5 Å². The van der Waals surface area contributed by atoms with Crippen molar-refractivity contribution in [1.82, 2.24) is 5.32 Å². The van der Waals surface area contributed by atoms with E-state index in [2.05, 4.69) is 11.4 Å². The molecule has 1 N–H and O–H groups in total. The first-order valence-electron chi connectivity index (χ1n) is 10.7. The van der Waals surface area contributed by atoms with Crippen LogP contribution in [0.2, 0.25) is 0 Å². The van der Waals surface area contributed by atoms with Crippen molar-refractivity contribution in [2.45, 2.75) is 13.8 Å². The fraction of sp³-hybridized carbons (Fsp3) is 0.143. The highest BCUT2D eigenvalue weighted by Crippen LogP contribution is 2.34. The number of rotatable bonds is 6. The van der Waals surface area contributed by atoms with Gasteiger partial charge in [-0.3, -0.25) is 4.79 Å². The average Bonchev–Trinajstić information content (AvgIpc) is 3.22. The molecule has 5 heteroatoms. The molecule has 3 aromatic carbocycles. The van der Waals surface area contributed by atoms with Gasteiger partial charge in [-0.2, -0.15) is 5.26 Å². The van der Waals surface area contributed by atoms with Crippen LogP contribution in [0.5, 0.6) is 0 Å². The molecule has 4 nitrogen and oxygen atoms in total. The van der Waals surface area contributed by atoms with Crippen LogP contribution in [0.4, 0.5) is 4.39 Å². The second kappa shape index (κ2) is 9.54. The molecule has 4 aromatic rings. The fourth-order valence-corrected chi connectivity index (χ4v) is 3.57. The third-order valence-corrected chi connectivity index (χ3v) is 5.25. The molecule has 1 amide bonds. The standard InChI is InChI=1S/C28H23FN2O2/c1-18(2)17-31-28(32)26-24-5-3-4-6-25(24)33-27(26)21-11-9-20(10-12-21)22(16-30)15-19-7-13-23(29)14-8-19/h3-15,18H,17H2,1-2H3,(H,31,32)/b22-15+. The highest BCUT2D eigenvalue weighted by Gasteiger charge is 2.22. The van der Waals surface area contributed by atoms with Crippen LogP contribution in [0.3, 0.4) is 0 Å². The molecule has 0 spiro atoms. The summed E-state index contributed by atoms with van der Waals surface area (Å²) in [5.41, 5.74) is 3.78. The summed E-state index contributed by atoms with van der Waals surface area (Å²) in [6, 6.07) is 22.9. The van der Waals surface area contributed by atoms with E-state index in [1.165, 1.54) is 12.1 Å². The Bertz CT molecular complexity index is 1360. The van der Waals surface area contributed by atoms with Crippen molar-refractivity contribution in [2.24, 2.45) is 5.92 Å². The van der Waals surface area contributed by atoms with Gasteiger partial charge in [0.25, 0.3) is 5.91 Å². The summed E-state index contributed by atoms with van der Waals surface area (Å²) in [5.74, 6) is 0.313. The highest BCUT2D eigenvalue weighted by atomic mass is 19.1. The Hall–Kier alpha value is -4.17. The van der Waals surface area contributed by atoms with E-state index < -0.39 is 0 Å². The minimum absolute atomic E-state index is 0.179. The van der Waals surface area contributed by atoms with Crippen LogP contribution >= 0.6 is 0 Å². The lowest BCUT2D eigenvalue weighted by Gasteiger charge is -2.09. The smallest absolute Gasteiger partial charge is 0.255 e. The normalized spacial score (nSPS) is 11.5. The third kappa shape index (κ3) is 4.86. The number of fused-ring (bicyclic) bond motifs is 1. The Balaban J connectivity index is 1.71. The number of nitrogens with one attached hydrogen (secondary N) is 1. The number of amides is 1. The maximum atomic E-state index is 13.2. The number of nitrogens with zero attached hydrogens (tertiary/aromatic N) is 1. The summed E-state index contributed by atoms with van der Waals surface area (Å²) in [6.07, 6.45) is 1.71. The Morgan fingerprint density at radius 1 is 1.06 bits per heavy atom. The number of halogens is 1. The lowest BCUT2D eigenvalue weighted by molar-refractivity contribution is 0.0950. The molecule has 4 rings (SSSR count). The number of para-hydroxylation sites is 1. The number of carbonyl (C=O) groups excluding carboxylic acids is 1. The summed E-state index contributed by atoms with van der Waals surface area (Å²) < 4.78 is 19.2. The average molecular weight is 439 g/mol. The number of allylic oxidation sites excluding steroid dienone is 1. The lowest BCUT2D eigenvalue weighted by Crippen LogP contribution is -2.27. The predicted octanol–water partition coefficient (Wildman–Crippen LogP) is 6.69.